The van der Waals surface area contributed by atoms with Gasteiger partial charge in [0.25, 0.3) is 0 Å². The van der Waals surface area contributed by atoms with E-state index in [1.54, 1.807) is 0 Å². The van der Waals surface area contributed by atoms with Crippen molar-refractivity contribution in [3.63, 3.8) is 0 Å². The zero-order chi connectivity index (χ0) is 13.9. The minimum Gasteiger partial charge on any atom is -0.487 e. The number of nitrogens with one attached hydrogen (secondary N) is 1. The highest BCUT2D eigenvalue weighted by Gasteiger charge is 2.23. The van der Waals surface area contributed by atoms with Crippen LogP contribution in [0.5, 0.6) is 5.75 Å². The second-order valence-corrected chi connectivity index (χ2v) is 5.72. The summed E-state index contributed by atoms with van der Waals surface area (Å²) in [6, 6.07) is 4.65. The standard InChI is InChI=1S/C16H25N3O/c1-3-4-13-11-14-16(20-10-9-18(14)2)15(12-13)19-7-5-17-6-8-19/h11-12,17H,3-10H2,1-2H3. The number of rotatable bonds is 3. The average Bonchev–Trinajstić information content (AvgIpc) is 2.49. The molecule has 2 aliphatic heterocycles. The molecule has 0 aromatic heterocycles. The summed E-state index contributed by atoms with van der Waals surface area (Å²) in [4.78, 5) is 4.79. The Bertz CT molecular complexity index is 469. The van der Waals surface area contributed by atoms with E-state index in [-0.39, 0.29) is 0 Å². The molecule has 0 atom stereocenters. The summed E-state index contributed by atoms with van der Waals surface area (Å²) in [7, 11) is 2.17. The maximum atomic E-state index is 6.01. The van der Waals surface area contributed by atoms with E-state index in [4.69, 9.17) is 4.74 Å². The van der Waals surface area contributed by atoms with Crippen LogP contribution in [0.3, 0.4) is 0 Å². The minimum atomic E-state index is 0.787. The Balaban J connectivity index is 2.01. The fourth-order valence-corrected chi connectivity index (χ4v) is 3.07. The lowest BCUT2D eigenvalue weighted by molar-refractivity contribution is 0.311. The number of hydrogen-bond donors (Lipinski definition) is 1. The van der Waals surface area contributed by atoms with E-state index in [1.807, 2.05) is 0 Å². The quantitative estimate of drug-likeness (QED) is 0.911. The Morgan fingerprint density at radius 2 is 1.90 bits per heavy atom. The molecule has 1 saturated heterocycles. The third-order valence-corrected chi connectivity index (χ3v) is 4.19. The lowest BCUT2D eigenvalue weighted by Gasteiger charge is -2.35. The van der Waals surface area contributed by atoms with Gasteiger partial charge in [-0.3, -0.25) is 0 Å². The maximum absolute atomic E-state index is 6.01. The zero-order valence-electron chi connectivity index (χ0n) is 12.6. The number of likely N-dealkylation sites (N-methyl/N-ethyl adjacent to an activating group) is 1. The van der Waals surface area contributed by atoms with Crippen molar-refractivity contribution in [2.24, 2.45) is 0 Å². The number of hydrogen-bond acceptors (Lipinski definition) is 4. The van der Waals surface area contributed by atoms with Crippen molar-refractivity contribution in [3.8, 4) is 5.75 Å². The molecule has 20 heavy (non-hydrogen) atoms. The van der Waals surface area contributed by atoms with Gasteiger partial charge in [0.1, 0.15) is 6.61 Å². The molecule has 0 bridgehead atoms. The van der Waals surface area contributed by atoms with Gasteiger partial charge in [0, 0.05) is 33.2 Å². The van der Waals surface area contributed by atoms with Crippen LogP contribution >= 0.6 is 0 Å². The van der Waals surface area contributed by atoms with Crippen LogP contribution in [-0.4, -0.2) is 46.4 Å². The molecule has 1 aromatic carbocycles. The van der Waals surface area contributed by atoms with E-state index in [0.717, 1.165) is 51.5 Å². The minimum absolute atomic E-state index is 0.787. The Morgan fingerprint density at radius 3 is 2.65 bits per heavy atom. The number of ether oxygens (including phenoxy) is 1. The first-order chi connectivity index (χ1) is 9.79. The van der Waals surface area contributed by atoms with Crippen LogP contribution in [0.2, 0.25) is 0 Å². The summed E-state index contributed by atoms with van der Waals surface area (Å²) in [6.45, 7) is 8.25. The van der Waals surface area contributed by atoms with Crippen molar-refractivity contribution in [3.05, 3.63) is 17.7 Å². The van der Waals surface area contributed by atoms with E-state index in [9.17, 15) is 0 Å². The largest absolute Gasteiger partial charge is 0.487 e. The molecule has 1 aromatic rings. The molecular weight excluding hydrogens is 250 g/mol. The van der Waals surface area contributed by atoms with Crippen LogP contribution in [0.15, 0.2) is 12.1 Å². The lowest BCUT2D eigenvalue weighted by Crippen LogP contribution is -2.44. The highest BCUT2D eigenvalue weighted by molar-refractivity contribution is 5.75. The number of fused-ring (bicyclic) bond motifs is 1. The molecule has 0 aliphatic carbocycles. The molecule has 0 spiro atoms. The molecular formula is C16H25N3O. The fourth-order valence-electron chi connectivity index (χ4n) is 3.07. The third kappa shape index (κ3) is 2.57. The average molecular weight is 275 g/mol. The summed E-state index contributed by atoms with van der Waals surface area (Å²) in [5.74, 6) is 1.08. The molecule has 2 heterocycles. The SMILES string of the molecule is CCCc1cc2c(c(N3CCNCC3)c1)OCCN2C. The van der Waals surface area contributed by atoms with Crippen LogP contribution in [-0.2, 0) is 6.42 Å². The highest BCUT2D eigenvalue weighted by atomic mass is 16.5. The number of anilines is 2. The predicted molar refractivity (Wildman–Crippen MR) is 84.3 cm³/mol. The van der Waals surface area contributed by atoms with Gasteiger partial charge in [-0.15, -0.1) is 0 Å². The second-order valence-electron chi connectivity index (χ2n) is 5.72. The van der Waals surface area contributed by atoms with E-state index < -0.39 is 0 Å². The van der Waals surface area contributed by atoms with Crippen molar-refractivity contribution in [1.29, 1.82) is 0 Å². The molecule has 0 radical (unpaired) electrons. The molecule has 1 N–H and O–H groups in total. The number of aryl methyl sites for hydroxylation is 1. The Labute approximate surface area is 121 Å². The van der Waals surface area contributed by atoms with Gasteiger partial charge in [-0.05, 0) is 24.1 Å². The summed E-state index contributed by atoms with van der Waals surface area (Å²) < 4.78 is 6.01. The third-order valence-electron chi connectivity index (χ3n) is 4.19. The van der Waals surface area contributed by atoms with Gasteiger partial charge in [0.2, 0.25) is 0 Å². The number of benzene rings is 1. The van der Waals surface area contributed by atoms with Crippen molar-refractivity contribution < 1.29 is 4.74 Å². The first-order valence-corrected chi connectivity index (χ1v) is 7.76. The van der Waals surface area contributed by atoms with Gasteiger partial charge >= 0.3 is 0 Å². The van der Waals surface area contributed by atoms with Crippen LogP contribution in [0.1, 0.15) is 18.9 Å². The Morgan fingerprint density at radius 1 is 1.15 bits per heavy atom. The fraction of sp³-hybridized carbons (Fsp3) is 0.625. The van der Waals surface area contributed by atoms with Gasteiger partial charge in [-0.2, -0.15) is 0 Å². The van der Waals surface area contributed by atoms with E-state index in [0.29, 0.717) is 0 Å². The zero-order valence-corrected chi connectivity index (χ0v) is 12.6. The van der Waals surface area contributed by atoms with E-state index in [1.165, 1.54) is 23.4 Å². The first-order valence-electron chi connectivity index (χ1n) is 7.76. The molecule has 4 heteroatoms. The smallest absolute Gasteiger partial charge is 0.165 e. The van der Waals surface area contributed by atoms with Crippen molar-refractivity contribution in [2.75, 3.05) is 56.2 Å². The summed E-state index contributed by atoms with van der Waals surface area (Å²) in [5, 5.41) is 3.42. The Hall–Kier alpha value is -1.42. The normalized spacial score (nSPS) is 18.7. The van der Waals surface area contributed by atoms with Gasteiger partial charge in [-0.25, -0.2) is 0 Å². The van der Waals surface area contributed by atoms with Crippen LogP contribution in [0, 0.1) is 0 Å². The van der Waals surface area contributed by atoms with Crippen LogP contribution < -0.4 is 19.9 Å². The van der Waals surface area contributed by atoms with Gasteiger partial charge < -0.3 is 19.9 Å². The maximum Gasteiger partial charge on any atom is 0.165 e. The van der Waals surface area contributed by atoms with Crippen molar-refractivity contribution in [1.82, 2.24) is 5.32 Å². The highest BCUT2D eigenvalue weighted by Crippen LogP contribution is 2.41. The van der Waals surface area contributed by atoms with Gasteiger partial charge in [-0.1, -0.05) is 13.3 Å². The topological polar surface area (TPSA) is 27.7 Å². The molecule has 0 amide bonds. The molecule has 110 valence electrons. The number of piperazine rings is 1. The van der Waals surface area contributed by atoms with E-state index in [2.05, 4.69) is 41.2 Å². The monoisotopic (exact) mass is 275 g/mol. The first kappa shape index (κ1) is 13.6. The Kier molecular flexibility index (Phi) is 4.01. The molecule has 3 rings (SSSR count). The molecule has 2 aliphatic rings. The molecule has 0 unspecified atom stereocenters. The van der Waals surface area contributed by atoms with Gasteiger partial charge in [0.15, 0.2) is 5.75 Å². The number of nitrogens with zero attached hydrogens (tertiary/aromatic N) is 2. The summed E-state index contributed by atoms with van der Waals surface area (Å²) >= 11 is 0. The lowest BCUT2D eigenvalue weighted by atomic mass is 10.0. The molecule has 4 nitrogen and oxygen atoms in total. The van der Waals surface area contributed by atoms with Crippen LogP contribution in [0.25, 0.3) is 0 Å². The molecule has 1 fully saturated rings. The molecule has 0 saturated carbocycles. The predicted octanol–water partition coefficient (Wildman–Crippen LogP) is 1.88. The van der Waals surface area contributed by atoms with E-state index >= 15 is 0 Å². The van der Waals surface area contributed by atoms with Crippen molar-refractivity contribution >= 4 is 11.4 Å². The van der Waals surface area contributed by atoms with Crippen molar-refractivity contribution in [2.45, 2.75) is 19.8 Å². The van der Waals surface area contributed by atoms with Gasteiger partial charge in [0.05, 0.1) is 17.9 Å². The van der Waals surface area contributed by atoms with Crippen LogP contribution in [0.4, 0.5) is 11.4 Å². The summed E-state index contributed by atoms with van der Waals surface area (Å²) in [6.07, 6.45) is 2.32. The second kappa shape index (κ2) is 5.92. The summed E-state index contributed by atoms with van der Waals surface area (Å²) in [5.41, 5.74) is 3.98.